The molecule has 0 aliphatic rings. The van der Waals surface area contributed by atoms with Crippen LogP contribution in [0.3, 0.4) is 0 Å². The van der Waals surface area contributed by atoms with Crippen LogP contribution in [0.1, 0.15) is 35.5 Å². The van der Waals surface area contributed by atoms with Gasteiger partial charge in [0.1, 0.15) is 6.54 Å². The van der Waals surface area contributed by atoms with E-state index in [1.807, 2.05) is 0 Å². The number of carbonyl (C=O) groups excluding carboxylic acids is 2. The van der Waals surface area contributed by atoms with Gasteiger partial charge in [-0.15, -0.1) is 5.10 Å². The summed E-state index contributed by atoms with van der Waals surface area (Å²) in [5.41, 5.74) is -1.81. The number of hydrogen-bond acceptors (Lipinski definition) is 7. The van der Waals surface area contributed by atoms with E-state index in [9.17, 15) is 32.3 Å². The molecule has 0 aromatic carbocycles. The summed E-state index contributed by atoms with van der Waals surface area (Å²) >= 11 is 0. The Balaban J connectivity index is 1.59. The number of amides is 1. The number of pyridine rings is 2. The molecule has 0 spiro atoms. The second kappa shape index (κ2) is 9.11. The van der Waals surface area contributed by atoms with Gasteiger partial charge in [-0.25, -0.2) is 9.07 Å². The number of hydrogen-bond donors (Lipinski definition) is 2. The van der Waals surface area contributed by atoms with Gasteiger partial charge in [0.05, 0.1) is 41.9 Å². The second-order valence-corrected chi connectivity index (χ2v) is 8.54. The van der Waals surface area contributed by atoms with Crippen LogP contribution in [0.2, 0.25) is 0 Å². The number of aliphatic hydroxyl groups is 1. The zero-order chi connectivity index (χ0) is 26.3. The van der Waals surface area contributed by atoms with Crippen molar-refractivity contribution in [2.24, 2.45) is 0 Å². The molecule has 0 saturated heterocycles. The van der Waals surface area contributed by atoms with E-state index in [1.165, 1.54) is 35.4 Å². The first-order valence-electron chi connectivity index (χ1n) is 10.4. The lowest BCUT2D eigenvalue weighted by molar-refractivity contribution is -0.141. The molecule has 1 amide bonds. The zero-order valence-electron chi connectivity index (χ0n) is 18.9. The van der Waals surface area contributed by atoms with Crippen LogP contribution < -0.4 is 5.32 Å². The number of ketones is 1. The van der Waals surface area contributed by atoms with Crippen molar-refractivity contribution in [2.75, 3.05) is 11.9 Å². The molecular formula is C22H19F4N7O3. The maximum atomic E-state index is 14.6. The van der Waals surface area contributed by atoms with Crippen LogP contribution in [-0.2, 0) is 23.1 Å². The molecule has 0 atom stereocenters. The van der Waals surface area contributed by atoms with Crippen LogP contribution in [0.25, 0.3) is 10.9 Å². The highest BCUT2D eigenvalue weighted by atomic mass is 19.4. The van der Waals surface area contributed by atoms with Crippen LogP contribution in [0.4, 0.5) is 23.2 Å². The average molecular weight is 505 g/mol. The van der Waals surface area contributed by atoms with Crippen LogP contribution in [0, 0.1) is 5.82 Å². The molecule has 14 heteroatoms. The Labute approximate surface area is 200 Å². The second-order valence-electron chi connectivity index (χ2n) is 8.54. The van der Waals surface area contributed by atoms with Gasteiger partial charge in [0.25, 0.3) is 0 Å². The third kappa shape index (κ3) is 4.79. The van der Waals surface area contributed by atoms with Crippen molar-refractivity contribution < 1.29 is 32.3 Å². The SMILES string of the molecule is CC(C)(CO)n1cc(C(=O)c2cncc(NC(=O)Cn3cc(C(F)(F)F)nn3)c2)c2cncc(F)c21. The summed E-state index contributed by atoms with van der Waals surface area (Å²) in [6.45, 7) is 2.46. The van der Waals surface area contributed by atoms with E-state index in [-0.39, 0.29) is 34.3 Å². The molecule has 10 nitrogen and oxygen atoms in total. The van der Waals surface area contributed by atoms with Crippen molar-refractivity contribution in [3.63, 3.8) is 0 Å². The van der Waals surface area contributed by atoms with E-state index in [4.69, 9.17) is 0 Å². The Morgan fingerprint density at radius 3 is 2.47 bits per heavy atom. The zero-order valence-corrected chi connectivity index (χ0v) is 18.9. The molecule has 0 saturated carbocycles. The molecule has 0 aliphatic carbocycles. The van der Waals surface area contributed by atoms with Crippen molar-refractivity contribution in [1.29, 1.82) is 0 Å². The van der Waals surface area contributed by atoms with E-state index in [0.29, 0.717) is 6.20 Å². The maximum absolute atomic E-state index is 14.6. The van der Waals surface area contributed by atoms with Gasteiger partial charge in [-0.3, -0.25) is 19.6 Å². The average Bonchev–Trinajstić information content (AvgIpc) is 3.45. The molecule has 0 unspecified atom stereocenters. The van der Waals surface area contributed by atoms with Crippen molar-refractivity contribution in [3.05, 3.63) is 65.9 Å². The largest absolute Gasteiger partial charge is 0.436 e. The van der Waals surface area contributed by atoms with E-state index in [1.54, 1.807) is 13.8 Å². The lowest BCUT2D eigenvalue weighted by Gasteiger charge is -2.25. The predicted molar refractivity (Wildman–Crippen MR) is 117 cm³/mol. The molecule has 4 heterocycles. The minimum Gasteiger partial charge on any atom is -0.394 e. The van der Waals surface area contributed by atoms with Gasteiger partial charge in [-0.1, -0.05) is 5.21 Å². The third-order valence-corrected chi connectivity index (χ3v) is 5.36. The molecule has 0 radical (unpaired) electrons. The summed E-state index contributed by atoms with van der Waals surface area (Å²) in [6.07, 6.45) is 2.15. The van der Waals surface area contributed by atoms with Crippen molar-refractivity contribution in [3.8, 4) is 0 Å². The Bertz CT molecular complexity index is 1460. The first-order chi connectivity index (χ1) is 16.9. The first-order valence-corrected chi connectivity index (χ1v) is 10.4. The molecule has 4 aromatic heterocycles. The number of aliphatic hydroxyl groups excluding tert-OH is 1. The predicted octanol–water partition coefficient (Wildman–Crippen LogP) is 2.78. The quantitative estimate of drug-likeness (QED) is 0.292. The van der Waals surface area contributed by atoms with Gasteiger partial charge in [0, 0.05) is 35.1 Å². The fourth-order valence-electron chi connectivity index (χ4n) is 3.51. The van der Waals surface area contributed by atoms with Gasteiger partial charge in [-0.05, 0) is 19.9 Å². The summed E-state index contributed by atoms with van der Waals surface area (Å²) in [7, 11) is 0. The van der Waals surface area contributed by atoms with Crippen molar-refractivity contribution >= 4 is 28.3 Å². The number of carbonyl (C=O) groups is 2. The van der Waals surface area contributed by atoms with E-state index < -0.39 is 41.5 Å². The summed E-state index contributed by atoms with van der Waals surface area (Å²) < 4.78 is 54.8. The normalized spacial score (nSPS) is 12.2. The monoisotopic (exact) mass is 505 g/mol. The molecule has 4 aromatic rings. The smallest absolute Gasteiger partial charge is 0.394 e. The van der Waals surface area contributed by atoms with E-state index in [2.05, 4.69) is 25.6 Å². The number of nitrogens with zero attached hydrogens (tertiary/aromatic N) is 6. The van der Waals surface area contributed by atoms with Gasteiger partial charge in [0.15, 0.2) is 17.3 Å². The standard InChI is InChI=1S/C22H19F4N7O3/c1-21(2,11-34)33-8-15(14-6-28-7-16(23)19(14)33)20(36)12-3-13(5-27-4-12)29-18(35)10-32-9-17(30-31-32)22(24,25)26/h3-9,34H,10-11H2,1-2H3,(H,29,35). The molecule has 0 fully saturated rings. The Morgan fingerprint density at radius 2 is 1.81 bits per heavy atom. The number of aromatic nitrogens is 6. The van der Waals surface area contributed by atoms with Crippen molar-refractivity contribution in [2.45, 2.75) is 32.1 Å². The molecule has 188 valence electrons. The molecular weight excluding hydrogens is 486 g/mol. The Kier molecular flexibility index (Phi) is 6.30. The van der Waals surface area contributed by atoms with Gasteiger partial charge in [-0.2, -0.15) is 13.2 Å². The lowest BCUT2D eigenvalue weighted by Crippen LogP contribution is -2.30. The van der Waals surface area contributed by atoms with Gasteiger partial charge >= 0.3 is 6.18 Å². The Morgan fingerprint density at radius 1 is 1.08 bits per heavy atom. The van der Waals surface area contributed by atoms with Gasteiger partial charge < -0.3 is 15.0 Å². The highest BCUT2D eigenvalue weighted by molar-refractivity contribution is 6.16. The highest BCUT2D eigenvalue weighted by Crippen LogP contribution is 2.31. The van der Waals surface area contributed by atoms with E-state index >= 15 is 0 Å². The molecule has 0 aliphatic heterocycles. The third-order valence-electron chi connectivity index (χ3n) is 5.36. The van der Waals surface area contributed by atoms with Crippen molar-refractivity contribution in [1.82, 2.24) is 29.5 Å². The minimum atomic E-state index is -4.69. The summed E-state index contributed by atoms with van der Waals surface area (Å²) in [5, 5.41) is 18.7. The van der Waals surface area contributed by atoms with Crippen LogP contribution >= 0.6 is 0 Å². The minimum absolute atomic E-state index is 0.0537. The summed E-state index contributed by atoms with van der Waals surface area (Å²) in [6, 6.07) is 1.32. The lowest BCUT2D eigenvalue weighted by atomic mass is 10.0. The van der Waals surface area contributed by atoms with Crippen LogP contribution in [0.5, 0.6) is 0 Å². The number of alkyl halides is 3. The number of halogens is 4. The number of rotatable bonds is 7. The number of anilines is 1. The van der Waals surface area contributed by atoms with Gasteiger partial charge in [0.2, 0.25) is 5.91 Å². The number of fused-ring (bicyclic) bond motifs is 1. The van der Waals surface area contributed by atoms with Crippen LogP contribution in [0.15, 0.2) is 43.2 Å². The topological polar surface area (TPSA) is 128 Å². The molecule has 36 heavy (non-hydrogen) atoms. The summed E-state index contributed by atoms with van der Waals surface area (Å²) in [5.74, 6) is -1.95. The maximum Gasteiger partial charge on any atom is 0.436 e. The Hall–Kier alpha value is -4.20. The first kappa shape index (κ1) is 24.9. The fraction of sp³-hybridized carbons (Fsp3) is 0.273. The molecule has 2 N–H and O–H groups in total. The molecule has 4 rings (SSSR count). The highest BCUT2D eigenvalue weighted by Gasteiger charge is 2.34. The number of nitrogens with one attached hydrogen (secondary N) is 1. The fourth-order valence-corrected chi connectivity index (χ4v) is 3.51. The molecule has 0 bridgehead atoms. The summed E-state index contributed by atoms with van der Waals surface area (Å²) in [4.78, 5) is 33.4. The van der Waals surface area contributed by atoms with E-state index in [0.717, 1.165) is 10.9 Å². The van der Waals surface area contributed by atoms with Crippen LogP contribution in [-0.4, -0.2) is 52.9 Å².